The minimum Gasteiger partial charge on any atom is -0.489 e. The molecule has 2 atom stereocenters. The van der Waals surface area contributed by atoms with Crippen LogP contribution in [-0.2, 0) is 0 Å². The molecule has 0 amide bonds. The van der Waals surface area contributed by atoms with Crippen molar-refractivity contribution in [1.82, 2.24) is 5.32 Å². The van der Waals surface area contributed by atoms with E-state index < -0.39 is 0 Å². The van der Waals surface area contributed by atoms with Crippen LogP contribution in [0.5, 0.6) is 5.75 Å². The van der Waals surface area contributed by atoms with Gasteiger partial charge in [0.2, 0.25) is 0 Å². The predicted octanol–water partition coefficient (Wildman–Crippen LogP) is 4.42. The Morgan fingerprint density at radius 2 is 2.10 bits per heavy atom. The van der Waals surface area contributed by atoms with Gasteiger partial charge in [0.25, 0.3) is 0 Å². The van der Waals surface area contributed by atoms with Crippen LogP contribution in [-0.4, -0.2) is 18.7 Å². The summed E-state index contributed by atoms with van der Waals surface area (Å²) in [5.74, 6) is 1.63. The Kier molecular flexibility index (Phi) is 5.47. The number of hydrogen-bond acceptors (Lipinski definition) is 2. The van der Waals surface area contributed by atoms with Gasteiger partial charge in [-0.05, 0) is 62.3 Å². The van der Waals surface area contributed by atoms with Crippen molar-refractivity contribution in [2.45, 2.75) is 71.4 Å². The normalized spacial score (nSPS) is 22.4. The van der Waals surface area contributed by atoms with Gasteiger partial charge in [0.15, 0.2) is 0 Å². The smallest absolute Gasteiger partial charge is 0.122 e. The van der Waals surface area contributed by atoms with Gasteiger partial charge < -0.3 is 10.1 Å². The Bertz CT molecular complexity index is 427. The first-order valence-electron chi connectivity index (χ1n) is 8.12. The molecule has 20 heavy (non-hydrogen) atoms. The minimum absolute atomic E-state index is 0.336. The van der Waals surface area contributed by atoms with Crippen molar-refractivity contribution in [3.63, 3.8) is 0 Å². The summed E-state index contributed by atoms with van der Waals surface area (Å²) < 4.78 is 6.34. The number of nitrogens with one attached hydrogen (secondary N) is 1. The molecule has 2 unspecified atom stereocenters. The highest BCUT2D eigenvalue weighted by atomic mass is 16.5. The van der Waals surface area contributed by atoms with E-state index in [0.717, 1.165) is 12.3 Å². The Hall–Kier alpha value is -1.02. The third-order valence-corrected chi connectivity index (χ3v) is 4.27. The van der Waals surface area contributed by atoms with E-state index in [4.69, 9.17) is 4.74 Å². The van der Waals surface area contributed by atoms with Crippen LogP contribution < -0.4 is 10.1 Å². The van der Waals surface area contributed by atoms with Crippen molar-refractivity contribution < 1.29 is 4.74 Å². The van der Waals surface area contributed by atoms with Crippen molar-refractivity contribution in [3.8, 4) is 5.75 Å². The molecule has 1 aliphatic rings. The zero-order valence-electron chi connectivity index (χ0n) is 13.4. The molecule has 1 aliphatic carbocycles. The van der Waals surface area contributed by atoms with Crippen molar-refractivity contribution in [2.24, 2.45) is 0 Å². The zero-order valence-corrected chi connectivity index (χ0v) is 13.4. The van der Waals surface area contributed by atoms with Gasteiger partial charge in [-0.2, -0.15) is 0 Å². The Labute approximate surface area is 123 Å². The van der Waals surface area contributed by atoms with Crippen LogP contribution in [0.4, 0.5) is 0 Å². The fourth-order valence-electron chi connectivity index (χ4n) is 2.90. The van der Waals surface area contributed by atoms with Crippen LogP contribution in [0.25, 0.3) is 0 Å². The molecule has 2 heteroatoms. The van der Waals surface area contributed by atoms with Gasteiger partial charge in [0.1, 0.15) is 11.9 Å². The highest BCUT2D eigenvalue weighted by molar-refractivity contribution is 5.38. The highest BCUT2D eigenvalue weighted by Crippen LogP contribution is 2.29. The first-order chi connectivity index (χ1) is 9.61. The lowest BCUT2D eigenvalue weighted by molar-refractivity contribution is 0.173. The lowest BCUT2D eigenvalue weighted by Gasteiger charge is -2.24. The first kappa shape index (κ1) is 15.4. The number of ether oxygens (including phenoxy) is 1. The number of rotatable bonds is 6. The molecule has 1 N–H and O–H groups in total. The molecule has 0 aliphatic heterocycles. The maximum atomic E-state index is 6.34. The van der Waals surface area contributed by atoms with Gasteiger partial charge in [0, 0.05) is 6.04 Å². The fraction of sp³-hybridized carbons (Fsp3) is 0.667. The van der Waals surface area contributed by atoms with Crippen molar-refractivity contribution in [3.05, 3.63) is 29.3 Å². The minimum atomic E-state index is 0.336. The van der Waals surface area contributed by atoms with Crippen LogP contribution in [0, 0.1) is 6.92 Å². The number of aryl methyl sites for hydroxylation is 1. The molecule has 1 aromatic rings. The molecule has 0 bridgehead atoms. The van der Waals surface area contributed by atoms with Crippen molar-refractivity contribution in [1.29, 1.82) is 0 Å². The van der Waals surface area contributed by atoms with Gasteiger partial charge in [0.05, 0.1) is 0 Å². The van der Waals surface area contributed by atoms with Crippen LogP contribution in [0.2, 0.25) is 0 Å². The van der Waals surface area contributed by atoms with Gasteiger partial charge in [-0.3, -0.25) is 0 Å². The molecule has 2 nitrogen and oxygen atoms in total. The van der Waals surface area contributed by atoms with E-state index in [2.05, 4.69) is 51.2 Å². The maximum Gasteiger partial charge on any atom is 0.122 e. The maximum absolute atomic E-state index is 6.34. The van der Waals surface area contributed by atoms with Gasteiger partial charge >= 0.3 is 0 Å². The van der Waals surface area contributed by atoms with Crippen molar-refractivity contribution in [2.75, 3.05) is 6.54 Å². The quantitative estimate of drug-likeness (QED) is 0.830. The Morgan fingerprint density at radius 3 is 2.80 bits per heavy atom. The molecule has 1 aromatic carbocycles. The molecular formula is C18H29NO. The van der Waals surface area contributed by atoms with E-state index in [1.54, 1.807) is 0 Å². The second-order valence-corrected chi connectivity index (χ2v) is 6.33. The van der Waals surface area contributed by atoms with E-state index in [1.807, 2.05) is 0 Å². The SMILES string of the molecule is CCCNC1CCCC1Oc1cc(C(C)C)ccc1C. The Balaban J connectivity index is 2.06. The van der Waals surface area contributed by atoms with Crippen LogP contribution in [0.1, 0.15) is 63.5 Å². The summed E-state index contributed by atoms with van der Waals surface area (Å²) in [6.07, 6.45) is 5.21. The molecule has 1 saturated carbocycles. The monoisotopic (exact) mass is 275 g/mol. The largest absolute Gasteiger partial charge is 0.489 e. The molecule has 0 saturated heterocycles. The summed E-state index contributed by atoms with van der Waals surface area (Å²) in [6, 6.07) is 7.16. The second-order valence-electron chi connectivity index (χ2n) is 6.33. The summed E-state index contributed by atoms with van der Waals surface area (Å²) in [6.45, 7) is 9.91. The topological polar surface area (TPSA) is 21.3 Å². The molecule has 0 heterocycles. The molecule has 0 radical (unpaired) electrons. The number of hydrogen-bond donors (Lipinski definition) is 1. The molecule has 2 rings (SSSR count). The summed E-state index contributed by atoms with van der Waals surface area (Å²) in [5.41, 5.74) is 2.61. The van der Waals surface area contributed by atoms with Crippen LogP contribution in [0.15, 0.2) is 18.2 Å². The third-order valence-electron chi connectivity index (χ3n) is 4.27. The average molecular weight is 275 g/mol. The van der Waals surface area contributed by atoms with E-state index >= 15 is 0 Å². The van der Waals surface area contributed by atoms with E-state index in [1.165, 1.54) is 36.8 Å². The molecular weight excluding hydrogens is 246 g/mol. The Morgan fingerprint density at radius 1 is 1.30 bits per heavy atom. The van der Waals surface area contributed by atoms with Crippen LogP contribution in [0.3, 0.4) is 0 Å². The highest BCUT2D eigenvalue weighted by Gasteiger charge is 2.28. The van der Waals surface area contributed by atoms with Gasteiger partial charge in [-0.25, -0.2) is 0 Å². The van der Waals surface area contributed by atoms with Crippen molar-refractivity contribution >= 4 is 0 Å². The van der Waals surface area contributed by atoms with Gasteiger partial charge in [-0.15, -0.1) is 0 Å². The third kappa shape index (κ3) is 3.76. The standard InChI is InChI=1S/C18H29NO/c1-5-11-19-16-7-6-8-17(16)20-18-12-15(13(2)3)10-9-14(18)4/h9-10,12-13,16-17,19H,5-8,11H2,1-4H3. The fourth-order valence-corrected chi connectivity index (χ4v) is 2.90. The zero-order chi connectivity index (χ0) is 14.5. The van der Waals surface area contributed by atoms with Gasteiger partial charge in [-0.1, -0.05) is 32.9 Å². The second kappa shape index (κ2) is 7.12. The summed E-state index contributed by atoms with van der Waals surface area (Å²) >= 11 is 0. The van der Waals surface area contributed by atoms with E-state index in [0.29, 0.717) is 18.1 Å². The first-order valence-corrected chi connectivity index (χ1v) is 8.12. The lowest BCUT2D eigenvalue weighted by Crippen LogP contribution is -2.39. The summed E-state index contributed by atoms with van der Waals surface area (Å²) in [7, 11) is 0. The lowest BCUT2D eigenvalue weighted by atomic mass is 10.0. The number of benzene rings is 1. The molecule has 112 valence electrons. The predicted molar refractivity (Wildman–Crippen MR) is 85.6 cm³/mol. The molecule has 1 fully saturated rings. The summed E-state index contributed by atoms with van der Waals surface area (Å²) in [5, 5.41) is 3.63. The van der Waals surface area contributed by atoms with E-state index in [-0.39, 0.29) is 0 Å². The van der Waals surface area contributed by atoms with E-state index in [9.17, 15) is 0 Å². The molecule has 0 aromatic heterocycles. The average Bonchev–Trinajstić information content (AvgIpc) is 2.86. The van der Waals surface area contributed by atoms with Crippen LogP contribution >= 0.6 is 0 Å². The summed E-state index contributed by atoms with van der Waals surface area (Å²) in [4.78, 5) is 0. The molecule has 0 spiro atoms.